The summed E-state index contributed by atoms with van der Waals surface area (Å²) < 4.78 is 4.68. The highest BCUT2D eigenvalue weighted by atomic mass is 16.5. The van der Waals surface area contributed by atoms with Gasteiger partial charge in [0.1, 0.15) is 5.92 Å². The second kappa shape index (κ2) is 3.68. The van der Waals surface area contributed by atoms with Gasteiger partial charge in [0.05, 0.1) is 6.61 Å². The Morgan fingerprint density at radius 2 is 2.15 bits per heavy atom. The Kier molecular flexibility index (Phi) is 2.80. The molecule has 0 bridgehead atoms. The van der Waals surface area contributed by atoms with E-state index in [0.29, 0.717) is 0 Å². The van der Waals surface area contributed by atoms with E-state index >= 15 is 0 Å². The normalized spacial score (nSPS) is 27.1. The number of cyclic esters (lactones) is 1. The Balaban J connectivity index is 2.75. The molecule has 1 rings (SSSR count). The van der Waals surface area contributed by atoms with Crippen LogP contribution in [0.5, 0.6) is 0 Å². The lowest BCUT2D eigenvalue weighted by molar-refractivity contribution is -0.148. The van der Waals surface area contributed by atoms with Gasteiger partial charge in [0, 0.05) is 12.3 Å². The zero-order valence-corrected chi connectivity index (χ0v) is 7.70. The van der Waals surface area contributed by atoms with Crippen molar-refractivity contribution < 1.29 is 19.1 Å². The average molecular weight is 184 g/mol. The maximum atomic E-state index is 11.3. The van der Waals surface area contributed by atoms with E-state index in [4.69, 9.17) is 0 Å². The van der Waals surface area contributed by atoms with Crippen LogP contribution in [0.2, 0.25) is 0 Å². The summed E-state index contributed by atoms with van der Waals surface area (Å²) in [6.07, 6.45) is 0.148. The third-order valence-electron chi connectivity index (χ3n) is 2.19. The summed E-state index contributed by atoms with van der Waals surface area (Å²) in [5, 5.41) is 0. The number of esters is 1. The molecule has 1 aliphatic heterocycles. The molecule has 1 aliphatic rings. The van der Waals surface area contributed by atoms with E-state index in [1.165, 1.54) is 0 Å². The van der Waals surface area contributed by atoms with Gasteiger partial charge in [-0.15, -0.1) is 0 Å². The molecule has 1 fully saturated rings. The minimum atomic E-state index is -0.854. The number of Topliss-reactive ketones (excluding diaryl/α,β-unsaturated/α-hetero) is 2. The predicted molar refractivity (Wildman–Crippen MR) is 43.9 cm³/mol. The fourth-order valence-electron chi connectivity index (χ4n) is 1.35. The van der Waals surface area contributed by atoms with Crippen molar-refractivity contribution >= 4 is 17.5 Å². The van der Waals surface area contributed by atoms with Gasteiger partial charge in [0.2, 0.25) is 5.78 Å². The second-order valence-electron chi connectivity index (χ2n) is 3.23. The van der Waals surface area contributed by atoms with Crippen LogP contribution in [0.4, 0.5) is 0 Å². The fraction of sp³-hybridized carbons (Fsp3) is 0.667. The molecule has 0 aliphatic carbocycles. The highest BCUT2D eigenvalue weighted by molar-refractivity contribution is 6.41. The zero-order chi connectivity index (χ0) is 10.0. The highest BCUT2D eigenvalue weighted by Gasteiger charge is 2.41. The van der Waals surface area contributed by atoms with Gasteiger partial charge < -0.3 is 4.74 Å². The first kappa shape index (κ1) is 9.89. The number of carbonyl (C=O) groups excluding carboxylic acids is 3. The highest BCUT2D eigenvalue weighted by Crippen LogP contribution is 2.22. The van der Waals surface area contributed by atoms with Gasteiger partial charge >= 0.3 is 5.97 Å². The first-order chi connectivity index (χ1) is 6.07. The molecule has 0 N–H and O–H groups in total. The van der Waals surface area contributed by atoms with Crippen LogP contribution < -0.4 is 0 Å². The van der Waals surface area contributed by atoms with E-state index < -0.39 is 23.5 Å². The van der Waals surface area contributed by atoms with Crippen molar-refractivity contribution in [3.05, 3.63) is 0 Å². The van der Waals surface area contributed by atoms with Crippen LogP contribution in [-0.2, 0) is 19.1 Å². The third-order valence-corrected chi connectivity index (χ3v) is 2.19. The summed E-state index contributed by atoms with van der Waals surface area (Å²) in [6, 6.07) is 0. The monoisotopic (exact) mass is 184 g/mol. The summed E-state index contributed by atoms with van der Waals surface area (Å²) in [5.41, 5.74) is 0. The minimum absolute atomic E-state index is 0.148. The molecular weight excluding hydrogens is 172 g/mol. The summed E-state index contributed by atoms with van der Waals surface area (Å²) in [4.78, 5) is 33.4. The summed E-state index contributed by atoms with van der Waals surface area (Å²) in [5.74, 6) is -2.67. The molecule has 0 aromatic carbocycles. The molecule has 2 atom stereocenters. The quantitative estimate of drug-likeness (QED) is 0.360. The molecule has 72 valence electrons. The van der Waals surface area contributed by atoms with E-state index in [9.17, 15) is 14.4 Å². The maximum absolute atomic E-state index is 11.3. The molecule has 0 spiro atoms. The van der Waals surface area contributed by atoms with Gasteiger partial charge in [-0.3, -0.25) is 14.4 Å². The molecule has 0 amide bonds. The number of hydrogen-bond acceptors (Lipinski definition) is 4. The predicted octanol–water partition coefficient (Wildman–Crippen LogP) is 0.344. The van der Waals surface area contributed by atoms with E-state index in [1.54, 1.807) is 13.8 Å². The van der Waals surface area contributed by atoms with E-state index in [1.807, 2.05) is 0 Å². The molecule has 0 aromatic rings. The summed E-state index contributed by atoms with van der Waals surface area (Å²) in [7, 11) is 0. The molecule has 0 radical (unpaired) electrons. The number of ether oxygens (including phenoxy) is 1. The van der Waals surface area contributed by atoms with Crippen LogP contribution in [0.3, 0.4) is 0 Å². The largest absolute Gasteiger partial charge is 0.465 e. The summed E-state index contributed by atoms with van der Waals surface area (Å²) >= 11 is 0. The molecule has 2 unspecified atom stereocenters. The van der Waals surface area contributed by atoms with E-state index in [2.05, 4.69) is 4.74 Å². The first-order valence-corrected chi connectivity index (χ1v) is 4.31. The van der Waals surface area contributed by atoms with Crippen molar-refractivity contribution in [3.8, 4) is 0 Å². The average Bonchev–Trinajstić information content (AvgIpc) is 2.44. The first-order valence-electron chi connectivity index (χ1n) is 4.31. The van der Waals surface area contributed by atoms with Crippen molar-refractivity contribution in [1.82, 2.24) is 0 Å². The molecule has 4 heteroatoms. The van der Waals surface area contributed by atoms with Crippen LogP contribution >= 0.6 is 0 Å². The Hall–Kier alpha value is -1.19. The van der Waals surface area contributed by atoms with Crippen molar-refractivity contribution in [2.75, 3.05) is 6.61 Å². The zero-order valence-electron chi connectivity index (χ0n) is 7.70. The molecule has 1 heterocycles. The molecule has 4 nitrogen and oxygen atoms in total. The molecule has 0 aromatic heterocycles. The number of carbonyl (C=O) groups is 3. The SMILES string of the molecule is CCC(=O)C(=O)C1C(=O)OCC1C. The smallest absolute Gasteiger partial charge is 0.317 e. The van der Waals surface area contributed by atoms with Crippen LogP contribution in [-0.4, -0.2) is 24.1 Å². The Morgan fingerprint density at radius 1 is 1.54 bits per heavy atom. The van der Waals surface area contributed by atoms with Crippen LogP contribution in [0.15, 0.2) is 0 Å². The Bertz CT molecular complexity index is 256. The summed E-state index contributed by atoms with van der Waals surface area (Å²) in [6.45, 7) is 3.58. The maximum Gasteiger partial charge on any atom is 0.317 e. The topological polar surface area (TPSA) is 60.4 Å². The molecular formula is C9H12O4. The molecule has 1 saturated heterocycles. The fourth-order valence-corrected chi connectivity index (χ4v) is 1.35. The minimum Gasteiger partial charge on any atom is -0.465 e. The van der Waals surface area contributed by atoms with Crippen molar-refractivity contribution in [1.29, 1.82) is 0 Å². The van der Waals surface area contributed by atoms with Gasteiger partial charge in [0.25, 0.3) is 0 Å². The third kappa shape index (κ3) is 1.76. The lowest BCUT2D eigenvalue weighted by atomic mass is 9.90. The lowest BCUT2D eigenvalue weighted by Crippen LogP contribution is -2.30. The van der Waals surface area contributed by atoms with E-state index in [-0.39, 0.29) is 18.9 Å². The van der Waals surface area contributed by atoms with Crippen molar-refractivity contribution in [2.45, 2.75) is 20.3 Å². The van der Waals surface area contributed by atoms with Gasteiger partial charge in [-0.05, 0) is 0 Å². The second-order valence-corrected chi connectivity index (χ2v) is 3.23. The van der Waals surface area contributed by atoms with E-state index in [0.717, 1.165) is 0 Å². The van der Waals surface area contributed by atoms with Crippen LogP contribution in [0.25, 0.3) is 0 Å². The Morgan fingerprint density at radius 3 is 2.54 bits per heavy atom. The molecule has 13 heavy (non-hydrogen) atoms. The standard InChI is InChI=1S/C9H12O4/c1-3-6(10)8(11)7-5(2)4-13-9(7)12/h5,7H,3-4H2,1-2H3. The van der Waals surface area contributed by atoms with Gasteiger partial charge in [-0.2, -0.15) is 0 Å². The van der Waals surface area contributed by atoms with Gasteiger partial charge in [-0.1, -0.05) is 13.8 Å². The molecule has 0 saturated carbocycles. The van der Waals surface area contributed by atoms with Crippen LogP contribution in [0.1, 0.15) is 20.3 Å². The Labute approximate surface area is 76.3 Å². The number of rotatable bonds is 3. The van der Waals surface area contributed by atoms with Crippen molar-refractivity contribution in [2.24, 2.45) is 11.8 Å². The lowest BCUT2D eigenvalue weighted by Gasteiger charge is -2.06. The number of ketones is 2. The van der Waals surface area contributed by atoms with Gasteiger partial charge in [-0.25, -0.2) is 0 Å². The number of hydrogen-bond donors (Lipinski definition) is 0. The van der Waals surface area contributed by atoms with Crippen molar-refractivity contribution in [3.63, 3.8) is 0 Å². The van der Waals surface area contributed by atoms with Gasteiger partial charge in [0.15, 0.2) is 5.78 Å². The van der Waals surface area contributed by atoms with Crippen LogP contribution in [0, 0.1) is 11.8 Å².